The van der Waals surface area contributed by atoms with Crippen LogP contribution in [0.5, 0.6) is 0 Å². The van der Waals surface area contributed by atoms with Crippen LogP contribution in [0.4, 0.5) is 0 Å². The van der Waals surface area contributed by atoms with Gasteiger partial charge >= 0.3 is 0 Å². The van der Waals surface area contributed by atoms with Crippen LogP contribution in [0.2, 0.25) is 0 Å². The van der Waals surface area contributed by atoms with E-state index in [9.17, 15) is 19.5 Å². The molecule has 2 aromatic rings. The molecule has 176 valence electrons. The van der Waals surface area contributed by atoms with Gasteiger partial charge in [-0.25, -0.2) is 0 Å². The smallest absolute Gasteiger partial charge is 0.254 e. The molecule has 1 aromatic heterocycles. The van der Waals surface area contributed by atoms with E-state index in [1.54, 1.807) is 12.1 Å². The van der Waals surface area contributed by atoms with Gasteiger partial charge in [-0.05, 0) is 44.9 Å². The first-order valence-electron chi connectivity index (χ1n) is 10.8. The largest absolute Gasteiger partial charge is 0.381 e. The molecule has 33 heavy (non-hydrogen) atoms. The number of carbonyl (C=O) groups excluding carboxylic acids is 3. The molecule has 3 rings (SSSR count). The molecule has 0 unspecified atom stereocenters. The molecule has 3 N–H and O–H groups in total. The summed E-state index contributed by atoms with van der Waals surface area (Å²) in [5, 5.41) is 16.8. The number of aromatic nitrogens is 1. The van der Waals surface area contributed by atoms with Gasteiger partial charge in [0, 0.05) is 29.2 Å². The Bertz CT molecular complexity index is 965. The third-order valence-corrected chi connectivity index (χ3v) is 6.17. The third-order valence-electron chi connectivity index (χ3n) is 5.16. The van der Waals surface area contributed by atoms with Crippen LogP contribution in [0.1, 0.15) is 36.7 Å². The fourth-order valence-electron chi connectivity index (χ4n) is 3.54. The lowest BCUT2D eigenvalue weighted by Crippen LogP contribution is -2.57. The van der Waals surface area contributed by atoms with Crippen LogP contribution < -0.4 is 10.6 Å². The number of pyridine rings is 1. The first kappa shape index (κ1) is 24.7. The highest BCUT2D eigenvalue weighted by Gasteiger charge is 2.40. The lowest BCUT2D eigenvalue weighted by atomic mass is 9.99. The van der Waals surface area contributed by atoms with Gasteiger partial charge in [-0.3, -0.25) is 19.4 Å². The Balaban J connectivity index is 1.79. The summed E-state index contributed by atoms with van der Waals surface area (Å²) in [6.45, 7) is 5.62. The van der Waals surface area contributed by atoms with Crippen molar-refractivity contribution in [3.8, 4) is 0 Å². The highest BCUT2D eigenvalue weighted by atomic mass is 32.2. The van der Waals surface area contributed by atoms with E-state index in [0.29, 0.717) is 17.2 Å². The SMILES string of the molecule is CC(C)(C)NC(=O)[C@@H]1CSCN1C(=O)[C@@H](O)[C@H](Cc1ccccc1)NC(=O)c1ccncc1. The number of aliphatic hydroxyl groups excluding tert-OH is 1. The number of hydrogen-bond donors (Lipinski definition) is 3. The molecule has 3 amide bonds. The van der Waals surface area contributed by atoms with Crippen molar-refractivity contribution in [2.24, 2.45) is 0 Å². The second kappa shape index (κ2) is 10.8. The minimum absolute atomic E-state index is 0.254. The standard InChI is InChI=1S/C24H30N4O4S/c1-24(2,3)27-22(31)19-14-33-15-28(19)23(32)20(29)18(13-16-7-5-4-6-8-16)26-21(30)17-9-11-25-12-10-17/h4-12,18-20,29H,13-15H2,1-3H3,(H,26,30)(H,27,31)/t18-,19-,20-/m0/s1. The molecule has 0 spiro atoms. The maximum absolute atomic E-state index is 13.3. The normalized spacial score (nSPS) is 17.8. The number of amides is 3. The van der Waals surface area contributed by atoms with E-state index in [1.165, 1.54) is 29.1 Å². The molecule has 3 atom stereocenters. The maximum Gasteiger partial charge on any atom is 0.254 e. The molecule has 9 heteroatoms. The fraction of sp³-hybridized carbons (Fsp3) is 0.417. The average molecular weight is 471 g/mol. The lowest BCUT2D eigenvalue weighted by Gasteiger charge is -2.31. The van der Waals surface area contributed by atoms with E-state index in [0.717, 1.165) is 5.56 Å². The van der Waals surface area contributed by atoms with Crippen LogP contribution in [-0.2, 0) is 16.0 Å². The Kier molecular flexibility index (Phi) is 8.10. The number of hydrogen-bond acceptors (Lipinski definition) is 6. The minimum Gasteiger partial charge on any atom is -0.381 e. The number of nitrogens with zero attached hydrogens (tertiary/aromatic N) is 2. The molecule has 0 radical (unpaired) electrons. The number of nitrogens with one attached hydrogen (secondary N) is 2. The topological polar surface area (TPSA) is 112 Å². The van der Waals surface area contributed by atoms with Gasteiger partial charge in [-0.2, -0.15) is 0 Å². The molecule has 1 aliphatic rings. The van der Waals surface area contributed by atoms with Crippen LogP contribution in [-0.4, -0.2) is 68.1 Å². The number of benzene rings is 1. The van der Waals surface area contributed by atoms with E-state index in [4.69, 9.17) is 0 Å². The number of thioether (sulfide) groups is 1. The molecule has 8 nitrogen and oxygen atoms in total. The molecule has 0 bridgehead atoms. The van der Waals surface area contributed by atoms with Crippen LogP contribution in [0, 0.1) is 0 Å². The molecule has 0 saturated carbocycles. The van der Waals surface area contributed by atoms with Crippen molar-refractivity contribution >= 4 is 29.5 Å². The first-order valence-corrected chi connectivity index (χ1v) is 11.9. The van der Waals surface area contributed by atoms with Gasteiger partial charge in [0.25, 0.3) is 11.8 Å². The Hall–Kier alpha value is -2.91. The van der Waals surface area contributed by atoms with Gasteiger partial charge < -0.3 is 20.6 Å². The Labute approximate surface area is 198 Å². The summed E-state index contributed by atoms with van der Waals surface area (Å²) in [5.74, 6) is -0.497. The van der Waals surface area contributed by atoms with E-state index in [-0.39, 0.29) is 12.3 Å². The molecular weight excluding hydrogens is 440 g/mol. The van der Waals surface area contributed by atoms with Crippen LogP contribution in [0.3, 0.4) is 0 Å². The summed E-state index contributed by atoms with van der Waals surface area (Å²) in [4.78, 5) is 44.1. The number of aliphatic hydroxyl groups is 1. The van der Waals surface area contributed by atoms with E-state index >= 15 is 0 Å². The van der Waals surface area contributed by atoms with Gasteiger partial charge in [0.05, 0.1) is 11.9 Å². The average Bonchev–Trinajstić information content (AvgIpc) is 3.28. The van der Waals surface area contributed by atoms with Crippen molar-refractivity contribution in [2.75, 3.05) is 11.6 Å². The van der Waals surface area contributed by atoms with Crippen molar-refractivity contribution < 1.29 is 19.5 Å². The second-order valence-electron chi connectivity index (χ2n) is 9.01. The number of carbonyl (C=O) groups is 3. The third kappa shape index (κ3) is 6.79. The minimum atomic E-state index is -1.51. The van der Waals surface area contributed by atoms with Crippen molar-refractivity contribution in [1.29, 1.82) is 0 Å². The van der Waals surface area contributed by atoms with Gasteiger partial charge in [-0.15, -0.1) is 11.8 Å². The Morgan fingerprint density at radius 3 is 2.45 bits per heavy atom. The summed E-state index contributed by atoms with van der Waals surface area (Å²) >= 11 is 1.46. The zero-order chi connectivity index (χ0) is 24.0. The van der Waals surface area contributed by atoms with Crippen molar-refractivity contribution in [3.05, 3.63) is 66.0 Å². The maximum atomic E-state index is 13.3. The molecule has 0 aliphatic carbocycles. The first-order chi connectivity index (χ1) is 15.7. The summed E-state index contributed by atoms with van der Waals surface area (Å²) in [7, 11) is 0. The summed E-state index contributed by atoms with van der Waals surface area (Å²) in [5.41, 5.74) is 0.801. The van der Waals surface area contributed by atoms with Crippen molar-refractivity contribution in [1.82, 2.24) is 20.5 Å². The van der Waals surface area contributed by atoms with Crippen LogP contribution in [0.15, 0.2) is 54.9 Å². The Morgan fingerprint density at radius 2 is 1.82 bits per heavy atom. The van der Waals surface area contributed by atoms with Gasteiger partial charge in [-0.1, -0.05) is 30.3 Å². The van der Waals surface area contributed by atoms with E-state index in [1.807, 2.05) is 51.1 Å². The highest BCUT2D eigenvalue weighted by molar-refractivity contribution is 7.99. The van der Waals surface area contributed by atoms with Gasteiger partial charge in [0.1, 0.15) is 6.04 Å². The van der Waals surface area contributed by atoms with Crippen molar-refractivity contribution in [3.63, 3.8) is 0 Å². The highest BCUT2D eigenvalue weighted by Crippen LogP contribution is 2.24. The van der Waals surface area contributed by atoms with Gasteiger partial charge in [0.15, 0.2) is 6.10 Å². The quantitative estimate of drug-likeness (QED) is 0.567. The summed E-state index contributed by atoms with van der Waals surface area (Å²) in [6.07, 6.45) is 1.75. The fourth-order valence-corrected chi connectivity index (χ4v) is 4.70. The van der Waals surface area contributed by atoms with Gasteiger partial charge in [0.2, 0.25) is 5.91 Å². The van der Waals surface area contributed by atoms with Crippen LogP contribution in [0.25, 0.3) is 0 Å². The van der Waals surface area contributed by atoms with E-state index < -0.39 is 35.5 Å². The summed E-state index contributed by atoms with van der Waals surface area (Å²) < 4.78 is 0. The molecule has 1 aliphatic heterocycles. The molecule has 1 fully saturated rings. The second-order valence-corrected chi connectivity index (χ2v) is 10.0. The van der Waals surface area contributed by atoms with Crippen LogP contribution >= 0.6 is 11.8 Å². The molecule has 2 heterocycles. The lowest BCUT2D eigenvalue weighted by molar-refractivity contribution is -0.146. The van der Waals surface area contributed by atoms with E-state index in [2.05, 4.69) is 15.6 Å². The predicted molar refractivity (Wildman–Crippen MR) is 127 cm³/mol. The number of rotatable bonds is 7. The van der Waals surface area contributed by atoms with Crippen molar-refractivity contribution in [2.45, 2.75) is 50.9 Å². The zero-order valence-electron chi connectivity index (χ0n) is 19.0. The molecule has 1 saturated heterocycles. The summed E-state index contributed by atoms with van der Waals surface area (Å²) in [6, 6.07) is 10.9. The molecule has 1 aromatic carbocycles. The monoisotopic (exact) mass is 470 g/mol. The zero-order valence-corrected chi connectivity index (χ0v) is 19.8. The molecular formula is C24H30N4O4S. The predicted octanol–water partition coefficient (Wildman–Crippen LogP) is 1.60. The Morgan fingerprint density at radius 1 is 1.15 bits per heavy atom.